The smallest absolute Gasteiger partial charge is 0.243 e. The molecule has 186 valence electrons. The number of piperidine rings is 1. The number of anilines is 1. The summed E-state index contributed by atoms with van der Waals surface area (Å²) in [6, 6.07) is 15.5. The van der Waals surface area contributed by atoms with Gasteiger partial charge in [-0.3, -0.25) is 4.79 Å². The highest BCUT2D eigenvalue weighted by molar-refractivity contribution is 7.89. The fourth-order valence-electron chi connectivity index (χ4n) is 5.12. The monoisotopic (exact) mass is 495 g/mol. The molecule has 3 aromatic rings. The van der Waals surface area contributed by atoms with Gasteiger partial charge in [0.25, 0.3) is 0 Å². The molecule has 0 saturated carbocycles. The Kier molecular flexibility index (Phi) is 6.80. The molecule has 1 unspecified atom stereocenters. The molecule has 0 radical (unpaired) electrons. The summed E-state index contributed by atoms with van der Waals surface area (Å²) in [5, 5.41) is 3.50. The van der Waals surface area contributed by atoms with Crippen LogP contribution in [0.4, 0.5) is 5.69 Å². The number of imidazole rings is 1. The molecule has 8 nitrogen and oxygen atoms in total. The summed E-state index contributed by atoms with van der Waals surface area (Å²) in [6.07, 6.45) is 4.72. The normalized spacial score (nSPS) is 19.3. The van der Waals surface area contributed by atoms with E-state index in [-0.39, 0.29) is 11.9 Å². The average molecular weight is 496 g/mol. The lowest BCUT2D eigenvalue weighted by atomic mass is 10.2. The van der Waals surface area contributed by atoms with Gasteiger partial charge in [0, 0.05) is 57.8 Å². The van der Waals surface area contributed by atoms with Gasteiger partial charge in [0.15, 0.2) is 0 Å². The zero-order valence-electron chi connectivity index (χ0n) is 20.2. The highest BCUT2D eigenvalue weighted by Gasteiger charge is 2.28. The first-order valence-corrected chi connectivity index (χ1v) is 13.9. The van der Waals surface area contributed by atoms with Crippen molar-refractivity contribution in [2.75, 3.05) is 31.5 Å². The highest BCUT2D eigenvalue weighted by Crippen LogP contribution is 2.25. The second kappa shape index (κ2) is 9.99. The van der Waals surface area contributed by atoms with Gasteiger partial charge in [-0.15, -0.1) is 0 Å². The number of amides is 1. The van der Waals surface area contributed by atoms with Gasteiger partial charge in [0.2, 0.25) is 15.9 Å². The van der Waals surface area contributed by atoms with E-state index in [1.54, 1.807) is 16.4 Å². The lowest BCUT2D eigenvalue weighted by molar-refractivity contribution is -0.130. The number of nitrogens with one attached hydrogen (secondary N) is 1. The second-order valence-corrected chi connectivity index (χ2v) is 11.5. The molecule has 2 aliphatic heterocycles. The number of fused-ring (bicyclic) bond motifs is 1. The Labute approximate surface area is 207 Å². The van der Waals surface area contributed by atoms with Crippen LogP contribution in [0.3, 0.4) is 0 Å². The summed E-state index contributed by atoms with van der Waals surface area (Å²) in [5.74, 6) is 0.918. The predicted molar refractivity (Wildman–Crippen MR) is 137 cm³/mol. The van der Waals surface area contributed by atoms with Crippen LogP contribution in [0.5, 0.6) is 0 Å². The number of likely N-dealkylation sites (tertiary alicyclic amines) is 1. The standard InChI is InChI=1S/C26H33N5O3S/c1-29-24-11-10-22(35(33,34)31-15-6-3-7-16-31)18-23(24)28-25(29)12-13-26(32)30-17-14-21(19-30)27-20-8-4-2-5-9-20/h2,4-5,8-11,18,21,27H,3,6-7,12-17,19H2,1H3. The first-order valence-electron chi connectivity index (χ1n) is 12.5. The van der Waals surface area contributed by atoms with Crippen molar-refractivity contribution in [2.45, 2.75) is 49.5 Å². The summed E-state index contributed by atoms with van der Waals surface area (Å²) in [6.45, 7) is 2.61. The van der Waals surface area contributed by atoms with E-state index in [1.807, 2.05) is 52.9 Å². The number of carbonyl (C=O) groups excluding carboxylic acids is 1. The first-order chi connectivity index (χ1) is 16.9. The minimum absolute atomic E-state index is 0.128. The second-order valence-electron chi connectivity index (χ2n) is 9.54. The van der Waals surface area contributed by atoms with Gasteiger partial charge in [0.05, 0.1) is 15.9 Å². The third-order valence-electron chi connectivity index (χ3n) is 7.15. The molecule has 0 spiro atoms. The summed E-state index contributed by atoms with van der Waals surface area (Å²) in [5.41, 5.74) is 2.60. The highest BCUT2D eigenvalue weighted by atomic mass is 32.2. The molecule has 2 aliphatic rings. The Bertz CT molecular complexity index is 1300. The Balaban J connectivity index is 1.22. The number of carbonyl (C=O) groups is 1. The number of nitrogens with zero attached hydrogens (tertiary/aromatic N) is 4. The van der Waals surface area contributed by atoms with Crippen molar-refractivity contribution >= 4 is 32.7 Å². The topological polar surface area (TPSA) is 87.5 Å². The van der Waals surface area contributed by atoms with Crippen molar-refractivity contribution in [1.82, 2.24) is 18.8 Å². The van der Waals surface area contributed by atoms with Crippen molar-refractivity contribution in [1.29, 1.82) is 0 Å². The lowest BCUT2D eigenvalue weighted by Gasteiger charge is -2.25. The number of aryl methyl sites for hydroxylation is 2. The first kappa shape index (κ1) is 23.8. The van der Waals surface area contributed by atoms with E-state index in [0.717, 1.165) is 49.3 Å². The van der Waals surface area contributed by atoms with Gasteiger partial charge in [0.1, 0.15) is 5.82 Å². The van der Waals surface area contributed by atoms with Crippen molar-refractivity contribution in [3.8, 4) is 0 Å². The van der Waals surface area contributed by atoms with Gasteiger partial charge in [-0.2, -0.15) is 4.31 Å². The van der Waals surface area contributed by atoms with Crippen LogP contribution in [-0.4, -0.2) is 65.3 Å². The Morgan fingerprint density at radius 3 is 2.60 bits per heavy atom. The molecule has 1 amide bonds. The number of hydrogen-bond donors (Lipinski definition) is 1. The molecule has 2 fully saturated rings. The molecule has 2 saturated heterocycles. The van der Waals surface area contributed by atoms with E-state index in [9.17, 15) is 13.2 Å². The minimum Gasteiger partial charge on any atom is -0.380 e. The van der Waals surface area contributed by atoms with Crippen molar-refractivity contribution in [2.24, 2.45) is 7.05 Å². The van der Waals surface area contributed by atoms with Crippen LogP contribution < -0.4 is 5.32 Å². The van der Waals surface area contributed by atoms with Gasteiger partial charge < -0.3 is 14.8 Å². The van der Waals surface area contributed by atoms with Crippen LogP contribution in [0.2, 0.25) is 0 Å². The molecule has 0 aliphatic carbocycles. The largest absolute Gasteiger partial charge is 0.380 e. The van der Waals surface area contributed by atoms with Crippen LogP contribution in [0, 0.1) is 0 Å². The zero-order valence-corrected chi connectivity index (χ0v) is 21.0. The molecule has 2 aromatic carbocycles. The van der Waals surface area contributed by atoms with E-state index in [4.69, 9.17) is 4.98 Å². The molecule has 35 heavy (non-hydrogen) atoms. The number of hydrogen-bond acceptors (Lipinski definition) is 5. The third-order valence-corrected chi connectivity index (χ3v) is 9.04. The molecule has 0 bridgehead atoms. The van der Waals surface area contributed by atoms with Crippen LogP contribution >= 0.6 is 0 Å². The van der Waals surface area contributed by atoms with Crippen LogP contribution in [0.15, 0.2) is 53.4 Å². The average Bonchev–Trinajstić information content (AvgIpc) is 3.47. The Morgan fingerprint density at radius 1 is 1.06 bits per heavy atom. The number of sulfonamides is 1. The van der Waals surface area contributed by atoms with Gasteiger partial charge in [-0.1, -0.05) is 24.6 Å². The molecule has 3 heterocycles. The summed E-state index contributed by atoms with van der Waals surface area (Å²) >= 11 is 0. The van der Waals surface area contributed by atoms with E-state index in [1.165, 1.54) is 0 Å². The molecule has 9 heteroatoms. The molecular weight excluding hydrogens is 462 g/mol. The Morgan fingerprint density at radius 2 is 1.83 bits per heavy atom. The molecule has 1 N–H and O–H groups in total. The van der Waals surface area contributed by atoms with Crippen LogP contribution in [0.25, 0.3) is 11.0 Å². The number of para-hydroxylation sites is 1. The Hall–Kier alpha value is -2.91. The van der Waals surface area contributed by atoms with Gasteiger partial charge in [-0.25, -0.2) is 13.4 Å². The van der Waals surface area contributed by atoms with E-state index >= 15 is 0 Å². The van der Waals surface area contributed by atoms with E-state index in [2.05, 4.69) is 5.32 Å². The lowest BCUT2D eigenvalue weighted by Crippen LogP contribution is -2.35. The van der Waals surface area contributed by atoms with E-state index in [0.29, 0.717) is 42.9 Å². The van der Waals surface area contributed by atoms with Gasteiger partial charge >= 0.3 is 0 Å². The quantitative estimate of drug-likeness (QED) is 0.543. The number of rotatable bonds is 7. The molecule has 5 rings (SSSR count). The third kappa shape index (κ3) is 5.06. The summed E-state index contributed by atoms with van der Waals surface area (Å²) < 4.78 is 29.7. The predicted octanol–water partition coefficient (Wildman–Crippen LogP) is 3.39. The summed E-state index contributed by atoms with van der Waals surface area (Å²) in [4.78, 5) is 19.8. The van der Waals surface area contributed by atoms with Crippen molar-refractivity contribution in [3.63, 3.8) is 0 Å². The van der Waals surface area contributed by atoms with Crippen LogP contribution in [0.1, 0.15) is 37.9 Å². The minimum atomic E-state index is -3.50. The SMILES string of the molecule is Cn1c(CCC(=O)N2CCC(Nc3ccccc3)C2)nc2cc(S(=O)(=O)N3CCCCC3)ccc21. The number of aromatic nitrogens is 2. The zero-order chi connectivity index (χ0) is 24.4. The fraction of sp³-hybridized carbons (Fsp3) is 0.462. The summed E-state index contributed by atoms with van der Waals surface area (Å²) in [7, 11) is -1.58. The maximum atomic E-state index is 13.1. The maximum absolute atomic E-state index is 13.1. The molecule has 1 atom stereocenters. The van der Waals surface area contributed by atoms with Crippen molar-refractivity contribution < 1.29 is 13.2 Å². The molecule has 1 aromatic heterocycles. The molecular formula is C26H33N5O3S. The van der Waals surface area contributed by atoms with E-state index < -0.39 is 10.0 Å². The van der Waals surface area contributed by atoms with Crippen molar-refractivity contribution in [3.05, 3.63) is 54.4 Å². The van der Waals surface area contributed by atoms with Gasteiger partial charge in [-0.05, 0) is 49.6 Å². The fourth-order valence-corrected chi connectivity index (χ4v) is 6.66. The number of benzene rings is 2. The van der Waals surface area contributed by atoms with Crippen LogP contribution in [-0.2, 0) is 28.3 Å². The maximum Gasteiger partial charge on any atom is 0.243 e.